The summed E-state index contributed by atoms with van der Waals surface area (Å²) in [5.74, 6) is -4.22. The van der Waals surface area contributed by atoms with Gasteiger partial charge in [0.05, 0.1) is 0 Å². The normalized spacial score (nSPS) is 16.9. The van der Waals surface area contributed by atoms with Crippen LogP contribution in [0.3, 0.4) is 0 Å². The highest BCUT2D eigenvalue weighted by molar-refractivity contribution is 6.05. The van der Waals surface area contributed by atoms with Gasteiger partial charge in [0.1, 0.15) is 12.1 Å². The number of alkyl halides is 5. The maximum Gasteiger partial charge on any atom is 0.405 e. The van der Waals surface area contributed by atoms with Crippen LogP contribution in [0.1, 0.15) is 39.1 Å². The first-order valence-corrected chi connectivity index (χ1v) is 8.63. The van der Waals surface area contributed by atoms with Crippen molar-refractivity contribution < 1.29 is 41.1 Å². The van der Waals surface area contributed by atoms with Gasteiger partial charge in [0.15, 0.2) is 0 Å². The molecule has 4 amide bonds. The van der Waals surface area contributed by atoms with Crippen LogP contribution in [0.4, 0.5) is 22.0 Å². The Bertz CT molecular complexity index is 914. The molecule has 13 heteroatoms. The number of amides is 4. The monoisotopic (exact) mass is 434 g/mol. The van der Waals surface area contributed by atoms with Crippen molar-refractivity contribution in [1.29, 1.82) is 0 Å². The number of nitrogens with zero attached hydrogens (tertiary/aromatic N) is 1. The van der Waals surface area contributed by atoms with E-state index < -0.39 is 48.3 Å². The number of hydrogen-bond donors (Lipinski definition) is 3. The van der Waals surface area contributed by atoms with Gasteiger partial charge < -0.3 is 10.2 Å². The van der Waals surface area contributed by atoms with Crippen molar-refractivity contribution in [2.75, 3.05) is 6.54 Å². The second kappa shape index (κ2) is 7.54. The van der Waals surface area contributed by atoms with E-state index in [9.17, 15) is 41.1 Å². The fourth-order valence-electron chi connectivity index (χ4n) is 3.12. The van der Waals surface area contributed by atoms with E-state index in [2.05, 4.69) is 0 Å². The Morgan fingerprint density at radius 3 is 2.37 bits per heavy atom. The molecule has 8 nitrogen and oxygen atoms in total. The van der Waals surface area contributed by atoms with Crippen molar-refractivity contribution in [1.82, 2.24) is 21.1 Å². The summed E-state index contributed by atoms with van der Waals surface area (Å²) in [5, 5.41) is 1.79. The molecule has 0 unspecified atom stereocenters. The van der Waals surface area contributed by atoms with Gasteiger partial charge in [-0.3, -0.25) is 30.0 Å². The van der Waals surface area contributed by atoms with Crippen molar-refractivity contribution in [3.63, 3.8) is 0 Å². The van der Waals surface area contributed by atoms with Gasteiger partial charge in [0.25, 0.3) is 11.8 Å². The summed E-state index contributed by atoms with van der Waals surface area (Å²) in [7, 11) is 0. The second-order valence-corrected chi connectivity index (χ2v) is 6.84. The molecule has 1 aliphatic heterocycles. The van der Waals surface area contributed by atoms with E-state index in [0.717, 1.165) is 11.0 Å². The largest absolute Gasteiger partial charge is 0.405 e. The lowest BCUT2D eigenvalue weighted by atomic mass is 10.1. The van der Waals surface area contributed by atoms with Gasteiger partial charge in [-0.2, -0.15) is 22.0 Å². The van der Waals surface area contributed by atoms with Crippen LogP contribution in [-0.2, 0) is 16.1 Å². The minimum atomic E-state index is -4.59. The zero-order chi connectivity index (χ0) is 22.3. The minimum absolute atomic E-state index is 0.0301. The summed E-state index contributed by atoms with van der Waals surface area (Å²) >= 11 is 0. The minimum Gasteiger partial charge on any atom is -0.345 e. The van der Waals surface area contributed by atoms with Crippen LogP contribution in [0.15, 0.2) is 18.2 Å². The molecule has 0 spiro atoms. The molecular formula is C17H15F5N4O4. The lowest BCUT2D eigenvalue weighted by Gasteiger charge is -2.26. The highest BCUT2D eigenvalue weighted by atomic mass is 19.4. The van der Waals surface area contributed by atoms with Gasteiger partial charge in [-0.25, -0.2) is 0 Å². The zero-order valence-electron chi connectivity index (χ0n) is 15.1. The SMILES string of the molecule is O=C(NNC(=O)C(F)F)c1ccc2c(c1)C(=O)N(C1(C(=O)NCC(F)(F)F)CC1)C2. The Kier molecular flexibility index (Phi) is 5.39. The van der Waals surface area contributed by atoms with Crippen LogP contribution in [-0.4, -0.2) is 53.2 Å². The van der Waals surface area contributed by atoms with E-state index >= 15 is 0 Å². The molecule has 0 aromatic heterocycles. The van der Waals surface area contributed by atoms with Gasteiger partial charge >= 0.3 is 18.5 Å². The van der Waals surface area contributed by atoms with Gasteiger partial charge in [-0.15, -0.1) is 0 Å². The molecule has 0 atom stereocenters. The maximum atomic E-state index is 12.7. The number of nitrogens with one attached hydrogen (secondary N) is 3. The van der Waals surface area contributed by atoms with Gasteiger partial charge in [-0.05, 0) is 30.5 Å². The average Bonchev–Trinajstić information content (AvgIpc) is 3.42. The Balaban J connectivity index is 1.71. The summed E-state index contributed by atoms with van der Waals surface area (Å²) in [6, 6.07) is 3.84. The van der Waals surface area contributed by atoms with E-state index in [1.54, 1.807) is 10.7 Å². The molecule has 1 fully saturated rings. The molecule has 3 N–H and O–H groups in total. The van der Waals surface area contributed by atoms with Crippen molar-refractivity contribution in [3.8, 4) is 0 Å². The first-order chi connectivity index (χ1) is 13.9. The van der Waals surface area contributed by atoms with Gasteiger partial charge in [0, 0.05) is 17.7 Å². The van der Waals surface area contributed by atoms with Gasteiger partial charge in [-0.1, -0.05) is 6.07 Å². The predicted molar refractivity (Wildman–Crippen MR) is 89.0 cm³/mol. The molecule has 0 bridgehead atoms. The number of carbonyl (C=O) groups is 4. The molecule has 0 saturated heterocycles. The highest BCUT2D eigenvalue weighted by Crippen LogP contribution is 2.46. The first-order valence-electron chi connectivity index (χ1n) is 8.63. The zero-order valence-corrected chi connectivity index (χ0v) is 15.1. The summed E-state index contributed by atoms with van der Waals surface area (Å²) in [6.07, 6.45) is -7.53. The second-order valence-electron chi connectivity index (χ2n) is 6.84. The quantitative estimate of drug-likeness (QED) is 0.472. The van der Waals surface area contributed by atoms with E-state index in [4.69, 9.17) is 0 Å². The number of rotatable bonds is 5. The standard InChI is InChI=1S/C17H15F5N4O4/c18-11(19)13(28)25-24-12(27)8-1-2-9-6-26(14(29)10(9)5-8)16(3-4-16)15(30)23-7-17(20,21)22/h1-2,5,11H,3-4,6-7H2,(H,23,30)(H,24,27)(H,25,28). The maximum absolute atomic E-state index is 12.7. The number of hydrogen-bond acceptors (Lipinski definition) is 4. The third-order valence-electron chi connectivity index (χ3n) is 4.79. The number of halogens is 5. The lowest BCUT2D eigenvalue weighted by molar-refractivity contribution is -0.142. The van der Waals surface area contributed by atoms with Crippen molar-refractivity contribution in [3.05, 3.63) is 34.9 Å². The Hall–Kier alpha value is -3.25. The summed E-state index contributed by atoms with van der Waals surface area (Å²) in [4.78, 5) is 49.0. The van der Waals surface area contributed by atoms with E-state index in [0.29, 0.717) is 5.56 Å². The molecule has 3 rings (SSSR count). The first kappa shape index (κ1) is 21.5. The summed E-state index contributed by atoms with van der Waals surface area (Å²) in [5.41, 5.74) is 2.29. The smallest absolute Gasteiger partial charge is 0.345 e. The fourth-order valence-corrected chi connectivity index (χ4v) is 3.12. The van der Waals surface area contributed by atoms with Crippen molar-refractivity contribution in [2.24, 2.45) is 0 Å². The Morgan fingerprint density at radius 1 is 1.13 bits per heavy atom. The molecular weight excluding hydrogens is 419 g/mol. The van der Waals surface area contributed by atoms with Crippen LogP contribution in [0.5, 0.6) is 0 Å². The van der Waals surface area contributed by atoms with Crippen LogP contribution in [0.25, 0.3) is 0 Å². The number of fused-ring (bicyclic) bond motifs is 1. The molecule has 1 saturated carbocycles. The van der Waals surface area contributed by atoms with E-state index in [1.807, 2.05) is 0 Å². The topological polar surface area (TPSA) is 108 Å². The average molecular weight is 434 g/mol. The van der Waals surface area contributed by atoms with E-state index in [-0.39, 0.29) is 30.5 Å². The molecule has 2 aliphatic rings. The number of carbonyl (C=O) groups excluding carboxylic acids is 4. The molecule has 1 aromatic carbocycles. The van der Waals surface area contributed by atoms with Crippen LogP contribution >= 0.6 is 0 Å². The third-order valence-corrected chi connectivity index (χ3v) is 4.79. The molecule has 162 valence electrons. The van der Waals surface area contributed by atoms with Gasteiger partial charge in [0.2, 0.25) is 5.91 Å². The number of benzene rings is 1. The highest BCUT2D eigenvalue weighted by Gasteiger charge is 2.58. The van der Waals surface area contributed by atoms with Crippen molar-refractivity contribution in [2.45, 2.75) is 37.5 Å². The van der Waals surface area contributed by atoms with E-state index in [1.165, 1.54) is 17.6 Å². The molecule has 1 heterocycles. The molecule has 0 radical (unpaired) electrons. The van der Waals surface area contributed by atoms with Crippen LogP contribution < -0.4 is 16.2 Å². The predicted octanol–water partition coefficient (Wildman–Crippen LogP) is 0.880. The van der Waals surface area contributed by atoms with Crippen molar-refractivity contribution >= 4 is 23.6 Å². The van der Waals surface area contributed by atoms with Crippen LogP contribution in [0.2, 0.25) is 0 Å². The summed E-state index contributed by atoms with van der Waals surface area (Å²) < 4.78 is 61.4. The fraction of sp³-hybridized carbons (Fsp3) is 0.412. The Labute approximate surface area is 165 Å². The number of hydrazine groups is 1. The molecule has 1 aliphatic carbocycles. The third kappa shape index (κ3) is 4.19. The molecule has 30 heavy (non-hydrogen) atoms. The summed E-state index contributed by atoms with van der Waals surface area (Å²) in [6.45, 7) is -1.55. The molecule has 1 aromatic rings. The van der Waals surface area contributed by atoms with Crippen LogP contribution in [0, 0.1) is 0 Å². The Morgan fingerprint density at radius 2 is 1.80 bits per heavy atom. The lowest BCUT2D eigenvalue weighted by Crippen LogP contribution is -2.51.